The van der Waals surface area contributed by atoms with Gasteiger partial charge in [-0.05, 0) is 25.7 Å². The van der Waals surface area contributed by atoms with Crippen LogP contribution in [0.1, 0.15) is 24.2 Å². The Morgan fingerprint density at radius 3 is 1.62 bits per heavy atom. The van der Waals surface area contributed by atoms with E-state index >= 15 is 0 Å². The third-order valence-corrected chi connectivity index (χ3v) is 2.76. The predicted molar refractivity (Wildman–Crippen MR) is 55.7 cm³/mol. The first-order valence-electron chi connectivity index (χ1n) is 4.01. The van der Waals surface area contributed by atoms with Crippen LogP contribution in [-0.4, -0.2) is 33.0 Å². The Kier molecular flexibility index (Phi) is 4.09. The Balaban J connectivity index is 0.000000845. The molecule has 0 saturated carbocycles. The van der Waals surface area contributed by atoms with Crippen molar-refractivity contribution in [1.82, 2.24) is 9.97 Å². The number of nitrogens with zero attached hydrogens (tertiary/aromatic N) is 2. The van der Waals surface area contributed by atoms with Crippen LogP contribution < -0.4 is 0 Å². The van der Waals surface area contributed by atoms with Crippen molar-refractivity contribution in [1.29, 1.82) is 0 Å². The fraction of sp³-hybridized carbons (Fsp3) is 0.500. The second-order valence-corrected chi connectivity index (χ2v) is 3.71. The standard InChI is InChI=1S/C8H10N2S2.Mg/c11-7-8(12)10-6-4-2-1-3-5(6)9-7;/h1-4H2,(H,9,11)(H,10,12);/q;+2/p-2. The zero-order chi connectivity index (χ0) is 8.55. The maximum atomic E-state index is 4.96. The van der Waals surface area contributed by atoms with Crippen LogP contribution in [0.2, 0.25) is 0 Å². The Labute approximate surface area is 105 Å². The number of rotatable bonds is 0. The topological polar surface area (TPSA) is 25.8 Å². The summed E-state index contributed by atoms with van der Waals surface area (Å²) in [5.74, 6) is 0. The minimum atomic E-state index is 0. The van der Waals surface area contributed by atoms with Crippen molar-refractivity contribution in [2.45, 2.75) is 35.7 Å². The maximum absolute atomic E-state index is 4.96. The van der Waals surface area contributed by atoms with Crippen LogP contribution in [0.4, 0.5) is 0 Å². The fourth-order valence-electron chi connectivity index (χ4n) is 1.46. The molecule has 0 N–H and O–H groups in total. The molecule has 0 saturated heterocycles. The van der Waals surface area contributed by atoms with Crippen molar-refractivity contribution in [2.24, 2.45) is 0 Å². The van der Waals surface area contributed by atoms with Gasteiger partial charge < -0.3 is 25.3 Å². The summed E-state index contributed by atoms with van der Waals surface area (Å²) in [4.78, 5) is 8.52. The molecule has 5 heteroatoms. The van der Waals surface area contributed by atoms with E-state index in [1.54, 1.807) is 0 Å². The van der Waals surface area contributed by atoms with Gasteiger partial charge in [-0.25, -0.2) is 0 Å². The van der Waals surface area contributed by atoms with Crippen LogP contribution in [0.3, 0.4) is 0 Å². The van der Waals surface area contributed by atoms with Gasteiger partial charge in [-0.15, -0.1) is 0 Å². The molecule has 1 aromatic rings. The first kappa shape index (κ1) is 11.4. The van der Waals surface area contributed by atoms with Crippen molar-refractivity contribution in [3.63, 3.8) is 0 Å². The molecule has 2 nitrogen and oxygen atoms in total. The Hall–Kier alpha value is 0.286. The summed E-state index contributed by atoms with van der Waals surface area (Å²) >= 11 is 9.92. The summed E-state index contributed by atoms with van der Waals surface area (Å²) in [6, 6.07) is 0. The van der Waals surface area contributed by atoms with Gasteiger partial charge >= 0.3 is 23.1 Å². The van der Waals surface area contributed by atoms with Gasteiger partial charge in [-0.1, -0.05) is 10.1 Å². The van der Waals surface area contributed by atoms with Crippen LogP contribution >= 0.6 is 0 Å². The summed E-state index contributed by atoms with van der Waals surface area (Å²) in [7, 11) is 0. The van der Waals surface area contributed by atoms with E-state index < -0.39 is 0 Å². The van der Waals surface area contributed by atoms with Crippen LogP contribution in [-0.2, 0) is 38.1 Å². The predicted octanol–water partition coefficient (Wildman–Crippen LogP) is 0.786. The number of hydrogen-bond acceptors (Lipinski definition) is 4. The van der Waals surface area contributed by atoms with Gasteiger partial charge in [0, 0.05) is 0 Å². The summed E-state index contributed by atoms with van der Waals surface area (Å²) in [6.45, 7) is 0. The molecule has 0 aromatic carbocycles. The molecule has 2 rings (SSSR count). The number of aromatic nitrogens is 2. The van der Waals surface area contributed by atoms with E-state index in [0.717, 1.165) is 24.2 Å². The summed E-state index contributed by atoms with van der Waals surface area (Å²) < 4.78 is 0. The van der Waals surface area contributed by atoms with E-state index in [2.05, 4.69) is 9.97 Å². The molecule has 1 aromatic heterocycles. The minimum Gasteiger partial charge on any atom is -0.760 e. The molecule has 1 heterocycles. The molecular weight excluding hydrogens is 213 g/mol. The molecule has 0 bridgehead atoms. The minimum absolute atomic E-state index is 0. The van der Waals surface area contributed by atoms with Gasteiger partial charge in [0.2, 0.25) is 0 Å². The second-order valence-electron chi connectivity index (χ2n) is 2.93. The fourth-order valence-corrected chi connectivity index (χ4v) is 1.77. The second kappa shape index (κ2) is 4.68. The molecule has 0 radical (unpaired) electrons. The van der Waals surface area contributed by atoms with Crippen molar-refractivity contribution in [3.05, 3.63) is 11.4 Å². The average Bonchev–Trinajstić information content (AvgIpc) is 2.07. The van der Waals surface area contributed by atoms with E-state index in [9.17, 15) is 0 Å². The monoisotopic (exact) mass is 220 g/mol. The molecule has 0 spiro atoms. The van der Waals surface area contributed by atoms with Gasteiger partial charge in [0.05, 0.1) is 11.4 Å². The molecule has 0 aliphatic heterocycles. The van der Waals surface area contributed by atoms with E-state index in [4.69, 9.17) is 25.3 Å². The van der Waals surface area contributed by atoms with Crippen molar-refractivity contribution < 1.29 is 0 Å². The summed E-state index contributed by atoms with van der Waals surface area (Å²) in [6.07, 6.45) is 4.43. The van der Waals surface area contributed by atoms with Crippen LogP contribution in [0.25, 0.3) is 0 Å². The Morgan fingerprint density at radius 1 is 0.846 bits per heavy atom. The average molecular weight is 221 g/mol. The van der Waals surface area contributed by atoms with Crippen LogP contribution in [0.15, 0.2) is 10.1 Å². The molecule has 1 aliphatic carbocycles. The van der Waals surface area contributed by atoms with E-state index in [1.807, 2.05) is 0 Å². The third kappa shape index (κ3) is 2.40. The van der Waals surface area contributed by atoms with Gasteiger partial charge in [0.25, 0.3) is 0 Å². The molecular formula is C8H8MgN2S2. The SMILES string of the molecule is [Mg+2].[S-]c1nc2c(nc1[S-])CCCC2. The Bertz CT molecular complexity index is 286. The smallest absolute Gasteiger partial charge is 0.760 e. The summed E-state index contributed by atoms with van der Waals surface area (Å²) in [5, 5.41) is 0.983. The van der Waals surface area contributed by atoms with Crippen LogP contribution in [0.5, 0.6) is 0 Å². The number of aryl methyl sites for hydroxylation is 2. The molecule has 1 aliphatic rings. The first-order valence-corrected chi connectivity index (χ1v) is 4.83. The normalized spacial score (nSPS) is 14.5. The largest absolute Gasteiger partial charge is 2.00 e. The van der Waals surface area contributed by atoms with Gasteiger partial charge in [0.15, 0.2) is 0 Å². The van der Waals surface area contributed by atoms with Crippen molar-refractivity contribution in [2.75, 3.05) is 0 Å². The number of hydrogen-bond donors (Lipinski definition) is 0. The van der Waals surface area contributed by atoms with Crippen molar-refractivity contribution >= 4 is 48.3 Å². The zero-order valence-corrected chi connectivity index (χ0v) is 10.3. The third-order valence-electron chi connectivity index (χ3n) is 2.07. The molecule has 64 valence electrons. The molecule has 13 heavy (non-hydrogen) atoms. The molecule has 0 atom stereocenters. The zero-order valence-electron chi connectivity index (χ0n) is 7.25. The number of fused-ring (bicyclic) bond motifs is 1. The summed E-state index contributed by atoms with van der Waals surface area (Å²) in [5.41, 5.74) is 2.14. The van der Waals surface area contributed by atoms with Gasteiger partial charge in [-0.3, -0.25) is 9.97 Å². The van der Waals surface area contributed by atoms with E-state index in [1.165, 1.54) is 12.8 Å². The van der Waals surface area contributed by atoms with Gasteiger partial charge in [0.1, 0.15) is 0 Å². The van der Waals surface area contributed by atoms with Crippen LogP contribution in [0, 0.1) is 0 Å². The van der Waals surface area contributed by atoms with E-state index in [0.29, 0.717) is 10.1 Å². The quantitative estimate of drug-likeness (QED) is 0.477. The van der Waals surface area contributed by atoms with Gasteiger partial charge in [-0.2, -0.15) is 0 Å². The molecule has 0 fully saturated rings. The maximum Gasteiger partial charge on any atom is 2.00 e. The first-order chi connectivity index (χ1) is 5.77. The Morgan fingerprint density at radius 2 is 1.23 bits per heavy atom. The van der Waals surface area contributed by atoms with Crippen molar-refractivity contribution in [3.8, 4) is 0 Å². The molecule has 0 amide bonds. The molecule has 0 unspecified atom stereocenters. The van der Waals surface area contributed by atoms with E-state index in [-0.39, 0.29) is 23.1 Å².